The lowest BCUT2D eigenvalue weighted by Gasteiger charge is -2.09. The third kappa shape index (κ3) is 4.31. The summed E-state index contributed by atoms with van der Waals surface area (Å²) in [6, 6.07) is 12.1. The molecular formula is C18H15N3O5S3. The molecule has 0 aliphatic carbocycles. The number of sulfone groups is 1. The Bertz CT molecular complexity index is 1330. The summed E-state index contributed by atoms with van der Waals surface area (Å²) in [6.45, 7) is 0. The molecule has 150 valence electrons. The molecule has 0 fully saturated rings. The van der Waals surface area contributed by atoms with Crippen molar-refractivity contribution < 1.29 is 21.6 Å². The molecule has 0 spiro atoms. The molecule has 0 saturated heterocycles. The fourth-order valence-corrected chi connectivity index (χ4v) is 6.20. The van der Waals surface area contributed by atoms with Crippen LogP contribution in [0.25, 0.3) is 10.2 Å². The van der Waals surface area contributed by atoms with Crippen molar-refractivity contribution >= 4 is 52.5 Å². The highest BCUT2D eigenvalue weighted by Gasteiger charge is 2.24. The Morgan fingerprint density at radius 1 is 1.14 bits per heavy atom. The van der Waals surface area contributed by atoms with Crippen LogP contribution in [-0.4, -0.2) is 39.5 Å². The van der Waals surface area contributed by atoms with E-state index in [1.54, 1.807) is 36.4 Å². The Morgan fingerprint density at radius 2 is 1.90 bits per heavy atom. The molecule has 1 unspecified atom stereocenters. The Morgan fingerprint density at radius 3 is 2.59 bits per heavy atom. The third-order valence-electron chi connectivity index (χ3n) is 4.17. The molecule has 2 heterocycles. The molecule has 1 aliphatic heterocycles. The number of nitrogens with zero attached hydrogens (tertiary/aromatic N) is 1. The zero-order valence-electron chi connectivity index (χ0n) is 14.8. The SMILES string of the molecule is O=C(NC1C=CS(=O)(=O)C1)c1ccc2nc(NS(=O)(=O)c3ccccc3)sc2c1. The summed E-state index contributed by atoms with van der Waals surface area (Å²) in [5, 5.41) is 3.93. The van der Waals surface area contributed by atoms with E-state index < -0.39 is 31.8 Å². The molecule has 8 nitrogen and oxygen atoms in total. The minimum Gasteiger partial charge on any atom is -0.345 e. The quantitative estimate of drug-likeness (QED) is 0.615. The lowest BCUT2D eigenvalue weighted by Crippen LogP contribution is -2.35. The second-order valence-electron chi connectivity index (χ2n) is 6.36. The second-order valence-corrected chi connectivity index (χ2v) is 11.0. The number of benzene rings is 2. The summed E-state index contributed by atoms with van der Waals surface area (Å²) < 4.78 is 50.8. The van der Waals surface area contributed by atoms with Crippen LogP contribution in [0, 0.1) is 0 Å². The van der Waals surface area contributed by atoms with Crippen molar-refractivity contribution in [2.45, 2.75) is 10.9 Å². The Balaban J connectivity index is 1.53. The van der Waals surface area contributed by atoms with Gasteiger partial charge in [-0.15, -0.1) is 0 Å². The lowest BCUT2D eigenvalue weighted by molar-refractivity contribution is 0.0948. The molecule has 2 N–H and O–H groups in total. The Labute approximate surface area is 171 Å². The molecule has 4 rings (SSSR count). The molecule has 0 radical (unpaired) electrons. The van der Waals surface area contributed by atoms with Crippen LogP contribution in [0.5, 0.6) is 0 Å². The number of sulfonamides is 1. The Hall–Kier alpha value is -2.76. The molecule has 29 heavy (non-hydrogen) atoms. The average Bonchev–Trinajstić information content (AvgIpc) is 3.22. The standard InChI is InChI=1S/C18H15N3O5S3/c22-17(19-13-8-9-28(23,24)11-13)12-6-7-15-16(10-12)27-18(20-15)21-29(25,26)14-4-2-1-3-5-14/h1-10,13H,11H2,(H,19,22)(H,20,21). The van der Waals surface area contributed by atoms with Crippen LogP contribution >= 0.6 is 11.3 Å². The number of anilines is 1. The number of aromatic nitrogens is 1. The summed E-state index contributed by atoms with van der Waals surface area (Å²) >= 11 is 1.10. The number of hydrogen-bond donors (Lipinski definition) is 2. The van der Waals surface area contributed by atoms with Crippen molar-refractivity contribution in [3.8, 4) is 0 Å². The molecule has 1 amide bonds. The number of fused-ring (bicyclic) bond motifs is 1. The largest absolute Gasteiger partial charge is 0.345 e. The maximum atomic E-state index is 12.4. The van der Waals surface area contributed by atoms with Gasteiger partial charge < -0.3 is 5.32 Å². The van der Waals surface area contributed by atoms with Gasteiger partial charge in [-0.05, 0) is 36.4 Å². The molecule has 1 atom stereocenters. The Kier molecular flexibility index (Phi) is 4.89. The molecule has 1 aliphatic rings. The van der Waals surface area contributed by atoms with Gasteiger partial charge in [0.1, 0.15) is 0 Å². The second kappa shape index (κ2) is 7.25. The van der Waals surface area contributed by atoms with Crippen LogP contribution < -0.4 is 10.0 Å². The molecule has 2 aromatic carbocycles. The van der Waals surface area contributed by atoms with Crippen LogP contribution in [0.2, 0.25) is 0 Å². The first-order valence-electron chi connectivity index (χ1n) is 8.42. The van der Waals surface area contributed by atoms with Crippen LogP contribution in [0.4, 0.5) is 5.13 Å². The molecule has 0 bridgehead atoms. The van der Waals surface area contributed by atoms with Gasteiger partial charge in [0, 0.05) is 11.0 Å². The van der Waals surface area contributed by atoms with Crippen molar-refractivity contribution in [1.82, 2.24) is 10.3 Å². The first-order chi connectivity index (χ1) is 13.7. The molecule has 11 heteroatoms. The normalized spacial score (nSPS) is 18.0. The fraction of sp³-hybridized carbons (Fsp3) is 0.111. The van der Waals surface area contributed by atoms with Gasteiger partial charge in [-0.3, -0.25) is 9.52 Å². The first kappa shape index (κ1) is 19.6. The van der Waals surface area contributed by atoms with E-state index in [-0.39, 0.29) is 15.8 Å². The summed E-state index contributed by atoms with van der Waals surface area (Å²) in [6.07, 6.45) is 1.44. The third-order valence-corrected chi connectivity index (χ3v) is 7.99. The summed E-state index contributed by atoms with van der Waals surface area (Å²) in [4.78, 5) is 16.8. The number of carbonyl (C=O) groups excluding carboxylic acids is 1. The number of nitrogens with one attached hydrogen (secondary N) is 2. The topological polar surface area (TPSA) is 122 Å². The van der Waals surface area contributed by atoms with Crippen LogP contribution in [0.1, 0.15) is 10.4 Å². The van der Waals surface area contributed by atoms with E-state index in [1.807, 2.05) is 0 Å². The number of thiazole rings is 1. The maximum absolute atomic E-state index is 12.4. The van der Waals surface area contributed by atoms with Gasteiger partial charge >= 0.3 is 0 Å². The van der Waals surface area contributed by atoms with Crippen LogP contribution in [-0.2, 0) is 19.9 Å². The number of hydrogen-bond acceptors (Lipinski definition) is 7. The summed E-state index contributed by atoms with van der Waals surface area (Å²) in [7, 11) is -7.02. The molecule has 0 saturated carbocycles. The highest BCUT2D eigenvalue weighted by molar-refractivity contribution is 7.94. The highest BCUT2D eigenvalue weighted by atomic mass is 32.2. The maximum Gasteiger partial charge on any atom is 0.263 e. The van der Waals surface area contributed by atoms with Crippen molar-refractivity contribution in [3.63, 3.8) is 0 Å². The number of amides is 1. The van der Waals surface area contributed by atoms with Crippen LogP contribution in [0.15, 0.2) is 64.9 Å². The van der Waals surface area contributed by atoms with Gasteiger partial charge in [-0.2, -0.15) is 0 Å². The van der Waals surface area contributed by atoms with Crippen molar-refractivity contribution in [3.05, 3.63) is 65.6 Å². The van der Waals surface area contributed by atoms with E-state index in [4.69, 9.17) is 0 Å². The molecule has 3 aromatic rings. The van der Waals surface area contributed by atoms with Gasteiger partial charge in [-0.25, -0.2) is 21.8 Å². The minimum absolute atomic E-state index is 0.124. The van der Waals surface area contributed by atoms with E-state index in [9.17, 15) is 21.6 Å². The highest BCUT2D eigenvalue weighted by Crippen LogP contribution is 2.28. The zero-order chi connectivity index (χ0) is 20.6. The van der Waals surface area contributed by atoms with Crippen molar-refractivity contribution in [1.29, 1.82) is 0 Å². The van der Waals surface area contributed by atoms with E-state index in [0.29, 0.717) is 15.8 Å². The van der Waals surface area contributed by atoms with E-state index in [1.165, 1.54) is 18.2 Å². The average molecular weight is 450 g/mol. The van der Waals surface area contributed by atoms with Gasteiger partial charge in [0.05, 0.1) is 26.9 Å². The zero-order valence-corrected chi connectivity index (χ0v) is 17.2. The molecular weight excluding hydrogens is 434 g/mol. The molecule has 1 aromatic heterocycles. The summed E-state index contributed by atoms with van der Waals surface area (Å²) in [5.41, 5.74) is 0.872. The predicted octanol–water partition coefficient (Wildman–Crippen LogP) is 2.14. The smallest absolute Gasteiger partial charge is 0.263 e. The van der Waals surface area contributed by atoms with Crippen LogP contribution in [0.3, 0.4) is 0 Å². The van der Waals surface area contributed by atoms with Crippen molar-refractivity contribution in [2.75, 3.05) is 10.5 Å². The van der Waals surface area contributed by atoms with Gasteiger partial charge in [-0.1, -0.05) is 29.5 Å². The van der Waals surface area contributed by atoms with Gasteiger partial charge in [0.25, 0.3) is 15.9 Å². The lowest BCUT2D eigenvalue weighted by atomic mass is 10.2. The van der Waals surface area contributed by atoms with Gasteiger partial charge in [0.15, 0.2) is 15.0 Å². The number of rotatable bonds is 5. The summed E-state index contributed by atoms with van der Waals surface area (Å²) in [5.74, 6) is -0.578. The van der Waals surface area contributed by atoms with E-state index >= 15 is 0 Å². The fourth-order valence-electron chi connectivity index (χ4n) is 2.80. The number of carbonyl (C=O) groups is 1. The first-order valence-corrected chi connectivity index (χ1v) is 12.4. The van der Waals surface area contributed by atoms with Gasteiger partial charge in [0.2, 0.25) is 0 Å². The minimum atomic E-state index is -3.76. The predicted molar refractivity (Wildman–Crippen MR) is 111 cm³/mol. The monoisotopic (exact) mass is 449 g/mol. The van der Waals surface area contributed by atoms with E-state index in [2.05, 4.69) is 15.0 Å². The van der Waals surface area contributed by atoms with Crippen molar-refractivity contribution in [2.24, 2.45) is 0 Å². The van der Waals surface area contributed by atoms with E-state index in [0.717, 1.165) is 16.7 Å².